The van der Waals surface area contributed by atoms with Crippen LogP contribution < -0.4 is 5.19 Å². The molecule has 6 aromatic rings. The van der Waals surface area contributed by atoms with E-state index in [9.17, 15) is 0 Å². The summed E-state index contributed by atoms with van der Waals surface area (Å²) in [7, 11) is 3.56. The van der Waals surface area contributed by atoms with Crippen LogP contribution in [0.3, 0.4) is 0 Å². The number of benzene rings is 6. The molecule has 5 radical (unpaired) electrons. The van der Waals surface area contributed by atoms with Gasteiger partial charge in [-0.25, -0.2) is 0 Å². The highest BCUT2D eigenvalue weighted by atomic mass is 29.5. The number of hydrogen-bond donors (Lipinski definition) is 0. The van der Waals surface area contributed by atoms with Gasteiger partial charge >= 0.3 is 0 Å². The Hall–Kier alpha value is -2.85. The van der Waals surface area contributed by atoms with E-state index in [1.165, 1.54) is 59.0 Å². The molecule has 1 saturated heterocycles. The minimum absolute atomic E-state index is 0.767. The van der Waals surface area contributed by atoms with E-state index in [1.54, 1.807) is 14.2 Å². The Morgan fingerprint density at radius 2 is 1.25 bits per heavy atom. The summed E-state index contributed by atoms with van der Waals surface area (Å²) in [6.45, 7) is 0. The number of methoxy groups -OCH3 is 2. The summed E-state index contributed by atoms with van der Waals surface area (Å²) in [5.41, 5.74) is 0. The standard InChI is InChI=1S/C30H23O3Si3/c1-31-30(32-2)18-34-35-36(33-30)29-25-10-6-5-9-21(25)16-28-26(29)12-11-22-15-23-13-19-7-3-4-8-20(19)14-24(23)17-27(22)28/h3-17H,18H2,1-2H3. The quantitative estimate of drug-likeness (QED) is 0.128. The molecule has 1 aliphatic rings. The summed E-state index contributed by atoms with van der Waals surface area (Å²) in [4.78, 5) is 0. The average molecular weight is 516 g/mol. The maximum atomic E-state index is 6.68. The highest BCUT2D eigenvalue weighted by Crippen LogP contribution is 2.34. The molecule has 1 aliphatic heterocycles. The fourth-order valence-electron chi connectivity index (χ4n) is 5.43. The van der Waals surface area contributed by atoms with Crippen LogP contribution in [0.2, 0.25) is 6.04 Å². The van der Waals surface area contributed by atoms with E-state index in [-0.39, 0.29) is 0 Å². The van der Waals surface area contributed by atoms with Gasteiger partial charge in [0.05, 0.1) is 8.55 Å². The Kier molecular flexibility index (Phi) is 5.35. The topological polar surface area (TPSA) is 27.7 Å². The molecule has 0 atom stereocenters. The molecule has 0 spiro atoms. The zero-order valence-corrected chi connectivity index (χ0v) is 23.1. The van der Waals surface area contributed by atoms with Crippen LogP contribution in [0.5, 0.6) is 0 Å². The van der Waals surface area contributed by atoms with Gasteiger partial charge in [-0.15, -0.1) is 0 Å². The monoisotopic (exact) mass is 515 g/mol. The molecule has 173 valence electrons. The van der Waals surface area contributed by atoms with Gasteiger partial charge in [-0.2, -0.15) is 0 Å². The predicted octanol–water partition coefficient (Wildman–Crippen LogP) is 5.87. The highest BCUT2D eigenvalue weighted by Gasteiger charge is 2.41. The van der Waals surface area contributed by atoms with Crippen molar-refractivity contribution < 1.29 is 13.9 Å². The SMILES string of the molecule is COC1(OC)C[Si][Si][Si](c2c3ccccc3cc3c2ccc2cc4cc5ccccc5cc4cc23)O1. The van der Waals surface area contributed by atoms with Crippen LogP contribution in [0.1, 0.15) is 0 Å². The third-order valence-electron chi connectivity index (χ3n) is 7.30. The molecule has 0 N–H and O–H groups in total. The second-order valence-corrected chi connectivity index (χ2v) is 17.0. The number of fused-ring (bicyclic) bond motifs is 6. The molecule has 6 aromatic carbocycles. The minimum Gasteiger partial charge on any atom is -0.368 e. The Morgan fingerprint density at radius 3 is 2.00 bits per heavy atom. The molecule has 0 saturated carbocycles. The van der Waals surface area contributed by atoms with Crippen molar-refractivity contribution in [2.75, 3.05) is 14.2 Å². The molecule has 3 nitrogen and oxygen atoms in total. The van der Waals surface area contributed by atoms with Gasteiger partial charge in [-0.1, -0.05) is 60.7 Å². The van der Waals surface area contributed by atoms with E-state index in [0.717, 1.165) is 23.6 Å². The second kappa shape index (κ2) is 8.62. The van der Waals surface area contributed by atoms with Crippen molar-refractivity contribution in [3.05, 3.63) is 91.0 Å². The van der Waals surface area contributed by atoms with Gasteiger partial charge in [0.1, 0.15) is 0 Å². The van der Waals surface area contributed by atoms with Crippen LogP contribution in [0.15, 0.2) is 91.0 Å². The van der Waals surface area contributed by atoms with Gasteiger partial charge in [0.2, 0.25) is 8.56 Å². The first kappa shape index (κ1) is 22.4. The van der Waals surface area contributed by atoms with Gasteiger partial charge in [0, 0.05) is 29.3 Å². The molecule has 0 unspecified atom stereocenters. The Labute approximate surface area is 215 Å². The van der Waals surface area contributed by atoms with E-state index in [0.29, 0.717) is 0 Å². The van der Waals surface area contributed by atoms with Crippen LogP contribution in [-0.4, -0.2) is 46.3 Å². The molecular weight excluding hydrogens is 493 g/mol. The van der Waals surface area contributed by atoms with Gasteiger partial charge in [0.25, 0.3) is 5.97 Å². The zero-order chi connectivity index (χ0) is 24.3. The van der Waals surface area contributed by atoms with Crippen molar-refractivity contribution >= 4 is 85.2 Å². The number of rotatable bonds is 3. The van der Waals surface area contributed by atoms with Crippen molar-refractivity contribution in [2.24, 2.45) is 0 Å². The van der Waals surface area contributed by atoms with Crippen LogP contribution >= 0.6 is 0 Å². The molecule has 7 rings (SSSR count). The van der Waals surface area contributed by atoms with Crippen molar-refractivity contribution in [3.63, 3.8) is 0 Å². The Bertz CT molecular complexity index is 1800. The molecule has 0 bridgehead atoms. The van der Waals surface area contributed by atoms with Crippen molar-refractivity contribution in [1.29, 1.82) is 0 Å². The van der Waals surface area contributed by atoms with E-state index in [2.05, 4.69) is 91.0 Å². The maximum Gasteiger partial charge on any atom is 0.269 e. The van der Waals surface area contributed by atoms with Crippen LogP contribution in [0.4, 0.5) is 0 Å². The summed E-state index contributed by atoms with van der Waals surface area (Å²) in [5.74, 6) is -0.935. The third-order valence-corrected chi connectivity index (χ3v) is 16.2. The molecule has 0 aliphatic carbocycles. The lowest BCUT2D eigenvalue weighted by molar-refractivity contribution is -0.311. The zero-order valence-electron chi connectivity index (χ0n) is 20.1. The van der Waals surface area contributed by atoms with Crippen molar-refractivity contribution in [3.8, 4) is 0 Å². The Balaban J connectivity index is 1.53. The molecule has 1 heterocycles. The summed E-state index contributed by atoms with van der Waals surface area (Å²) >= 11 is 0. The van der Waals surface area contributed by atoms with Gasteiger partial charge in [-0.05, 0) is 89.4 Å². The molecule has 6 heteroatoms. The molecule has 36 heavy (non-hydrogen) atoms. The summed E-state index contributed by atoms with van der Waals surface area (Å²) in [5, 5.41) is 14.1. The molecule has 1 fully saturated rings. The fraction of sp³-hybridized carbons (Fsp3) is 0.133. The largest absolute Gasteiger partial charge is 0.368 e. The van der Waals surface area contributed by atoms with Gasteiger partial charge < -0.3 is 13.9 Å². The fourth-order valence-corrected chi connectivity index (χ4v) is 15.2. The van der Waals surface area contributed by atoms with E-state index in [1.807, 2.05) is 0 Å². The smallest absolute Gasteiger partial charge is 0.269 e. The van der Waals surface area contributed by atoms with E-state index >= 15 is 0 Å². The Morgan fingerprint density at radius 1 is 0.639 bits per heavy atom. The summed E-state index contributed by atoms with van der Waals surface area (Å²) in [6.07, 6.45) is 0. The van der Waals surface area contributed by atoms with E-state index in [4.69, 9.17) is 13.9 Å². The highest BCUT2D eigenvalue weighted by molar-refractivity contribution is 7.38. The third kappa shape index (κ3) is 3.48. The van der Waals surface area contributed by atoms with Crippen molar-refractivity contribution in [2.45, 2.75) is 12.0 Å². The first-order valence-corrected chi connectivity index (χ1v) is 17.7. The van der Waals surface area contributed by atoms with Crippen LogP contribution in [-0.2, 0) is 13.9 Å². The van der Waals surface area contributed by atoms with Gasteiger partial charge in [-0.3, -0.25) is 0 Å². The number of hydrogen-bond acceptors (Lipinski definition) is 3. The summed E-state index contributed by atoms with van der Waals surface area (Å²) in [6, 6.07) is 34.4. The minimum atomic E-state index is -1.35. The normalized spacial score (nSPS) is 16.5. The van der Waals surface area contributed by atoms with E-state index < -0.39 is 14.5 Å². The van der Waals surface area contributed by atoms with Crippen molar-refractivity contribution in [1.82, 2.24) is 0 Å². The predicted molar refractivity (Wildman–Crippen MR) is 154 cm³/mol. The van der Waals surface area contributed by atoms with Crippen LogP contribution in [0.25, 0.3) is 53.9 Å². The summed E-state index contributed by atoms with van der Waals surface area (Å²) < 4.78 is 18.2. The molecule has 0 aromatic heterocycles. The second-order valence-electron chi connectivity index (χ2n) is 9.25. The average Bonchev–Trinajstić information content (AvgIpc) is 2.93. The van der Waals surface area contributed by atoms with Crippen LogP contribution in [0, 0.1) is 0 Å². The number of ether oxygens (including phenoxy) is 2. The lowest BCUT2D eigenvalue weighted by Gasteiger charge is -2.38. The molecular formula is C30H23O3Si3. The first-order chi connectivity index (χ1) is 17.7. The molecule has 0 amide bonds. The van der Waals surface area contributed by atoms with Gasteiger partial charge in [0.15, 0.2) is 0 Å². The lowest BCUT2D eigenvalue weighted by Crippen LogP contribution is -2.57. The lowest BCUT2D eigenvalue weighted by atomic mass is 9.95. The maximum absolute atomic E-state index is 6.68. The first-order valence-electron chi connectivity index (χ1n) is 12.0.